The lowest BCUT2D eigenvalue weighted by molar-refractivity contribution is -0.274. The van der Waals surface area contributed by atoms with Crippen molar-refractivity contribution in [1.82, 2.24) is 4.98 Å². The van der Waals surface area contributed by atoms with E-state index >= 15 is 0 Å². The van der Waals surface area contributed by atoms with Gasteiger partial charge in [0, 0.05) is 23.2 Å². The van der Waals surface area contributed by atoms with Crippen molar-refractivity contribution in [2.75, 3.05) is 14.2 Å². The lowest BCUT2D eigenvalue weighted by Crippen LogP contribution is -2.46. The van der Waals surface area contributed by atoms with Crippen LogP contribution in [0, 0.1) is 0 Å². The van der Waals surface area contributed by atoms with E-state index in [2.05, 4.69) is 4.98 Å². The predicted octanol–water partition coefficient (Wildman–Crippen LogP) is 6.53. The summed E-state index contributed by atoms with van der Waals surface area (Å²) in [7, 11) is 2.58. The molecule has 6 nitrogen and oxygen atoms in total. The zero-order valence-corrected chi connectivity index (χ0v) is 20.2. The number of aromatic nitrogens is 1. The van der Waals surface area contributed by atoms with Crippen LogP contribution in [0.3, 0.4) is 0 Å². The number of carbonyl (C=O) groups excluding carboxylic acids is 1. The van der Waals surface area contributed by atoms with Crippen molar-refractivity contribution in [3.63, 3.8) is 0 Å². The van der Waals surface area contributed by atoms with E-state index in [1.165, 1.54) is 57.5 Å². The molecule has 0 bridgehead atoms. The van der Waals surface area contributed by atoms with E-state index in [-0.39, 0.29) is 38.6 Å². The van der Waals surface area contributed by atoms with Gasteiger partial charge in [-0.1, -0.05) is 30.1 Å². The molecule has 2 unspecified atom stereocenters. The molecule has 0 aliphatic carbocycles. The second kappa shape index (κ2) is 10.3. The SMILES string of the molecule is COC(=O)c1ccc(Oc2ccc(Cl)c(C(C)C(O)(c3ccnc(Cl)c3)C(F)(F)F)c2)cc1OC. The van der Waals surface area contributed by atoms with Gasteiger partial charge in [0.05, 0.1) is 14.2 Å². The Labute approximate surface area is 209 Å². The lowest BCUT2D eigenvalue weighted by atomic mass is 9.78. The van der Waals surface area contributed by atoms with Crippen molar-refractivity contribution in [3.05, 3.63) is 81.6 Å². The Morgan fingerprint density at radius 2 is 1.69 bits per heavy atom. The molecule has 0 spiro atoms. The van der Waals surface area contributed by atoms with Gasteiger partial charge in [0.2, 0.25) is 0 Å². The van der Waals surface area contributed by atoms with E-state index in [0.717, 1.165) is 18.3 Å². The van der Waals surface area contributed by atoms with Crippen molar-refractivity contribution >= 4 is 29.2 Å². The summed E-state index contributed by atoms with van der Waals surface area (Å²) in [6.07, 6.45) is -4.00. The molecule has 0 aliphatic heterocycles. The molecule has 35 heavy (non-hydrogen) atoms. The summed E-state index contributed by atoms with van der Waals surface area (Å²) in [5, 5.41) is 10.8. The summed E-state index contributed by atoms with van der Waals surface area (Å²) < 4.78 is 58.3. The maximum atomic E-state index is 14.2. The van der Waals surface area contributed by atoms with Gasteiger partial charge in [-0.15, -0.1) is 0 Å². The fourth-order valence-electron chi connectivity index (χ4n) is 3.59. The summed E-state index contributed by atoms with van der Waals surface area (Å²) in [5.74, 6) is -1.62. The Morgan fingerprint density at radius 3 is 2.29 bits per heavy atom. The molecule has 11 heteroatoms. The number of esters is 1. The van der Waals surface area contributed by atoms with Gasteiger partial charge >= 0.3 is 12.1 Å². The Morgan fingerprint density at radius 1 is 1.03 bits per heavy atom. The van der Waals surface area contributed by atoms with E-state index in [9.17, 15) is 23.1 Å². The van der Waals surface area contributed by atoms with Crippen LogP contribution in [-0.2, 0) is 10.3 Å². The molecule has 0 aliphatic rings. The highest BCUT2D eigenvalue weighted by Crippen LogP contribution is 2.50. The Kier molecular flexibility index (Phi) is 7.83. The minimum Gasteiger partial charge on any atom is -0.496 e. The minimum absolute atomic E-state index is 0.00806. The number of rotatable bonds is 7. The highest BCUT2D eigenvalue weighted by atomic mass is 35.5. The van der Waals surface area contributed by atoms with Gasteiger partial charge in [-0.3, -0.25) is 0 Å². The van der Waals surface area contributed by atoms with Gasteiger partial charge in [-0.2, -0.15) is 13.2 Å². The number of halogens is 5. The molecular formula is C24H20Cl2F3NO5. The number of hydrogen-bond acceptors (Lipinski definition) is 6. The summed E-state index contributed by atoms with van der Waals surface area (Å²) >= 11 is 12.0. The fraction of sp³-hybridized carbons (Fsp3) is 0.250. The standard InChI is InChI=1S/C24H20Cl2F3NO5/c1-13(23(32,24(27,28)29)14-8-9-30-21(26)10-14)18-11-15(5-7-19(18)25)35-16-4-6-17(22(31)34-3)20(12-16)33-2/h4-13,32H,1-3H3. The van der Waals surface area contributed by atoms with Gasteiger partial charge in [0.25, 0.3) is 0 Å². The molecule has 0 fully saturated rings. The molecule has 0 saturated carbocycles. The largest absolute Gasteiger partial charge is 0.496 e. The molecule has 1 heterocycles. The molecule has 2 atom stereocenters. The smallest absolute Gasteiger partial charge is 0.422 e. The summed E-state index contributed by atoms with van der Waals surface area (Å²) in [4.78, 5) is 15.5. The molecule has 1 aromatic heterocycles. The maximum absolute atomic E-state index is 14.2. The number of pyridine rings is 1. The van der Waals surface area contributed by atoms with Crippen LogP contribution in [0.2, 0.25) is 10.2 Å². The van der Waals surface area contributed by atoms with Crippen LogP contribution >= 0.6 is 23.2 Å². The van der Waals surface area contributed by atoms with Crippen molar-refractivity contribution < 1.29 is 37.3 Å². The van der Waals surface area contributed by atoms with Crippen LogP contribution in [0.5, 0.6) is 17.2 Å². The van der Waals surface area contributed by atoms with Gasteiger partial charge < -0.3 is 19.3 Å². The zero-order chi connectivity index (χ0) is 26.0. The average Bonchev–Trinajstić information content (AvgIpc) is 2.82. The number of alkyl halides is 3. The van der Waals surface area contributed by atoms with E-state index in [0.29, 0.717) is 0 Å². The molecule has 1 N–H and O–H groups in total. The Bertz CT molecular complexity index is 1240. The lowest BCUT2D eigenvalue weighted by Gasteiger charge is -2.37. The van der Waals surface area contributed by atoms with Crippen LogP contribution in [0.4, 0.5) is 13.2 Å². The molecule has 0 radical (unpaired) electrons. The third-order valence-corrected chi connectivity index (χ3v) is 6.02. The summed E-state index contributed by atoms with van der Waals surface area (Å²) in [6.45, 7) is 1.20. The number of nitrogens with zero attached hydrogens (tertiary/aromatic N) is 1. The van der Waals surface area contributed by atoms with Crippen molar-refractivity contribution in [2.24, 2.45) is 0 Å². The van der Waals surface area contributed by atoms with Crippen LogP contribution in [-0.4, -0.2) is 36.5 Å². The Balaban J connectivity index is 2.02. The number of aliphatic hydroxyl groups is 1. The van der Waals surface area contributed by atoms with Crippen LogP contribution < -0.4 is 9.47 Å². The fourth-order valence-corrected chi connectivity index (χ4v) is 4.05. The normalized spacial score (nSPS) is 14.1. The monoisotopic (exact) mass is 529 g/mol. The molecule has 3 aromatic rings. The highest BCUT2D eigenvalue weighted by molar-refractivity contribution is 6.31. The van der Waals surface area contributed by atoms with Crippen LogP contribution in [0.1, 0.15) is 34.3 Å². The minimum atomic E-state index is -5.08. The third kappa shape index (κ3) is 5.32. The van der Waals surface area contributed by atoms with Crippen LogP contribution in [0.25, 0.3) is 0 Å². The Hall–Kier alpha value is -3.01. The average molecular weight is 530 g/mol. The van der Waals surface area contributed by atoms with Gasteiger partial charge in [-0.05, 0) is 53.6 Å². The number of benzene rings is 2. The first-order valence-corrected chi connectivity index (χ1v) is 10.8. The molecular weight excluding hydrogens is 510 g/mol. The molecule has 2 aromatic carbocycles. The van der Waals surface area contributed by atoms with Crippen molar-refractivity contribution in [1.29, 1.82) is 0 Å². The van der Waals surface area contributed by atoms with E-state index in [1.807, 2.05) is 0 Å². The summed E-state index contributed by atoms with van der Waals surface area (Å²) in [5.41, 5.74) is -3.66. The highest BCUT2D eigenvalue weighted by Gasteiger charge is 2.59. The number of ether oxygens (including phenoxy) is 3. The molecule has 3 rings (SSSR count). The second-order valence-corrected chi connectivity index (χ2v) is 8.29. The topological polar surface area (TPSA) is 77.9 Å². The molecule has 186 valence electrons. The number of hydrogen-bond donors (Lipinski definition) is 1. The third-order valence-electron chi connectivity index (χ3n) is 5.47. The van der Waals surface area contributed by atoms with Crippen LogP contribution in [0.15, 0.2) is 54.7 Å². The second-order valence-electron chi connectivity index (χ2n) is 7.49. The van der Waals surface area contributed by atoms with E-state index in [1.54, 1.807) is 0 Å². The zero-order valence-electron chi connectivity index (χ0n) is 18.7. The van der Waals surface area contributed by atoms with E-state index in [4.69, 9.17) is 37.4 Å². The van der Waals surface area contributed by atoms with Crippen molar-refractivity contribution in [3.8, 4) is 17.2 Å². The quantitative estimate of drug-likeness (QED) is 0.277. The summed E-state index contributed by atoms with van der Waals surface area (Å²) in [6, 6.07) is 10.4. The molecule has 0 saturated heterocycles. The van der Waals surface area contributed by atoms with E-state index < -0.39 is 29.2 Å². The van der Waals surface area contributed by atoms with Gasteiger partial charge in [0.1, 0.15) is 28.0 Å². The maximum Gasteiger partial charge on any atom is 0.422 e. The first kappa shape index (κ1) is 26.6. The first-order chi connectivity index (χ1) is 16.4. The van der Waals surface area contributed by atoms with Gasteiger partial charge in [0.15, 0.2) is 5.60 Å². The van der Waals surface area contributed by atoms with Gasteiger partial charge in [-0.25, -0.2) is 9.78 Å². The molecule has 0 amide bonds. The van der Waals surface area contributed by atoms with Crippen molar-refractivity contribution in [2.45, 2.75) is 24.6 Å². The predicted molar refractivity (Wildman–Crippen MR) is 123 cm³/mol. The number of carbonyl (C=O) groups is 1. The number of methoxy groups -OCH3 is 2. The first-order valence-electron chi connectivity index (χ1n) is 10.1.